The number of sulfone groups is 1. The van der Waals surface area contributed by atoms with Crippen LogP contribution in [0.2, 0.25) is 0 Å². The molecule has 0 aliphatic rings. The van der Waals surface area contributed by atoms with E-state index in [-0.39, 0.29) is 0 Å². The van der Waals surface area contributed by atoms with Crippen LogP contribution in [0.3, 0.4) is 0 Å². The van der Waals surface area contributed by atoms with E-state index in [9.17, 15) is 8.42 Å². The van der Waals surface area contributed by atoms with Gasteiger partial charge in [0.15, 0.2) is 9.84 Å². The number of aromatic nitrogens is 1. The van der Waals surface area contributed by atoms with Gasteiger partial charge >= 0.3 is 0 Å². The number of hydrogen-bond donors (Lipinski definition) is 1. The number of ether oxygens (including phenoxy) is 1. The van der Waals surface area contributed by atoms with Crippen molar-refractivity contribution in [1.29, 1.82) is 0 Å². The van der Waals surface area contributed by atoms with Gasteiger partial charge in [0, 0.05) is 30.8 Å². The van der Waals surface area contributed by atoms with E-state index in [1.807, 2.05) is 12.1 Å². The lowest BCUT2D eigenvalue weighted by Gasteiger charge is -2.08. The summed E-state index contributed by atoms with van der Waals surface area (Å²) in [5.41, 5.74) is 1.74. The Bertz CT molecular complexity index is 682. The van der Waals surface area contributed by atoms with Gasteiger partial charge in [0.2, 0.25) is 5.88 Å². The normalized spacial score (nSPS) is 11.1. The molecule has 0 unspecified atom stereocenters. The second-order valence-electron chi connectivity index (χ2n) is 4.36. The topological polar surface area (TPSA) is 68.3 Å². The van der Waals surface area contributed by atoms with E-state index in [0.717, 1.165) is 11.3 Å². The second-order valence-corrected chi connectivity index (χ2v) is 6.38. The van der Waals surface area contributed by atoms with E-state index in [4.69, 9.17) is 4.74 Å². The van der Waals surface area contributed by atoms with Crippen molar-refractivity contribution < 1.29 is 13.2 Å². The van der Waals surface area contributed by atoms with Gasteiger partial charge < -0.3 is 10.1 Å². The van der Waals surface area contributed by atoms with Crippen LogP contribution in [0.4, 0.5) is 5.69 Å². The Hall–Kier alpha value is -2.08. The van der Waals surface area contributed by atoms with Gasteiger partial charge in [-0.2, -0.15) is 0 Å². The number of methoxy groups -OCH3 is 1. The van der Waals surface area contributed by atoms with Crippen molar-refractivity contribution in [3.63, 3.8) is 0 Å². The molecule has 0 bridgehead atoms. The highest BCUT2D eigenvalue weighted by Crippen LogP contribution is 2.16. The van der Waals surface area contributed by atoms with Crippen molar-refractivity contribution in [2.45, 2.75) is 11.4 Å². The van der Waals surface area contributed by atoms with E-state index in [1.54, 1.807) is 37.6 Å². The summed E-state index contributed by atoms with van der Waals surface area (Å²) in [5.74, 6) is 0.563. The lowest BCUT2D eigenvalue weighted by atomic mass is 10.2. The third-order valence-electron chi connectivity index (χ3n) is 2.77. The number of nitrogens with one attached hydrogen (secondary N) is 1. The van der Waals surface area contributed by atoms with Gasteiger partial charge in [-0.15, -0.1) is 0 Å². The molecular weight excluding hydrogens is 276 g/mol. The van der Waals surface area contributed by atoms with Gasteiger partial charge in [-0.25, -0.2) is 13.4 Å². The Morgan fingerprint density at radius 2 is 2.05 bits per heavy atom. The predicted molar refractivity (Wildman–Crippen MR) is 77.7 cm³/mol. The fraction of sp³-hybridized carbons (Fsp3) is 0.214. The third-order valence-corrected chi connectivity index (χ3v) is 3.88. The fourth-order valence-electron chi connectivity index (χ4n) is 1.68. The molecule has 0 aliphatic carbocycles. The first kappa shape index (κ1) is 14.3. The van der Waals surface area contributed by atoms with Gasteiger partial charge in [0.05, 0.1) is 12.0 Å². The minimum atomic E-state index is -3.19. The van der Waals surface area contributed by atoms with Crippen molar-refractivity contribution in [3.8, 4) is 5.88 Å². The molecule has 1 aromatic heterocycles. The molecular formula is C14H16N2O3S. The first-order valence-electron chi connectivity index (χ1n) is 6.02. The zero-order valence-electron chi connectivity index (χ0n) is 11.3. The molecule has 0 radical (unpaired) electrons. The van der Waals surface area contributed by atoms with Crippen molar-refractivity contribution in [1.82, 2.24) is 4.98 Å². The summed E-state index contributed by atoms with van der Waals surface area (Å²) in [6.45, 7) is 0.560. The summed E-state index contributed by atoms with van der Waals surface area (Å²) in [6.07, 6.45) is 2.91. The Morgan fingerprint density at radius 1 is 1.25 bits per heavy atom. The highest BCUT2D eigenvalue weighted by molar-refractivity contribution is 7.90. The Morgan fingerprint density at radius 3 is 2.65 bits per heavy atom. The van der Waals surface area contributed by atoms with Crippen molar-refractivity contribution in [2.24, 2.45) is 0 Å². The quantitative estimate of drug-likeness (QED) is 0.914. The molecule has 1 aromatic carbocycles. The number of benzene rings is 1. The molecule has 0 spiro atoms. The molecule has 6 heteroatoms. The van der Waals surface area contributed by atoms with Gasteiger partial charge in [-0.3, -0.25) is 0 Å². The van der Waals surface area contributed by atoms with Crippen molar-refractivity contribution in [3.05, 3.63) is 48.2 Å². The molecule has 2 aromatic rings. The van der Waals surface area contributed by atoms with Gasteiger partial charge in [0.25, 0.3) is 0 Å². The molecule has 2 rings (SSSR count). The van der Waals surface area contributed by atoms with Crippen LogP contribution in [-0.4, -0.2) is 26.8 Å². The molecule has 0 aliphatic heterocycles. The lowest BCUT2D eigenvalue weighted by molar-refractivity contribution is 0.397. The molecule has 20 heavy (non-hydrogen) atoms. The van der Waals surface area contributed by atoms with Gasteiger partial charge in [0.1, 0.15) is 0 Å². The zero-order valence-corrected chi connectivity index (χ0v) is 12.1. The minimum Gasteiger partial charge on any atom is -0.481 e. The number of rotatable bonds is 5. The highest BCUT2D eigenvalue weighted by Gasteiger charge is 2.07. The number of pyridine rings is 1. The van der Waals surface area contributed by atoms with Crippen LogP contribution in [0.25, 0.3) is 0 Å². The molecule has 1 heterocycles. The SMILES string of the molecule is COc1ccc(CNc2cccc(S(C)(=O)=O)c2)cn1. The van der Waals surface area contributed by atoms with Gasteiger partial charge in [-0.1, -0.05) is 12.1 Å². The van der Waals surface area contributed by atoms with Crippen molar-refractivity contribution >= 4 is 15.5 Å². The monoisotopic (exact) mass is 292 g/mol. The molecule has 0 amide bonds. The smallest absolute Gasteiger partial charge is 0.212 e. The fourth-order valence-corrected chi connectivity index (χ4v) is 2.34. The largest absolute Gasteiger partial charge is 0.481 e. The molecule has 0 atom stereocenters. The van der Waals surface area contributed by atoms with Crippen LogP contribution in [0.15, 0.2) is 47.5 Å². The molecule has 0 saturated heterocycles. The summed E-state index contributed by atoms with van der Waals surface area (Å²) < 4.78 is 27.9. The van der Waals surface area contributed by atoms with E-state index in [0.29, 0.717) is 17.3 Å². The molecule has 0 fully saturated rings. The zero-order chi connectivity index (χ0) is 14.6. The summed E-state index contributed by atoms with van der Waals surface area (Å²) in [6, 6.07) is 10.4. The standard InChI is InChI=1S/C14H16N2O3S/c1-19-14-7-6-11(10-16-14)9-15-12-4-3-5-13(8-12)20(2,17)18/h3-8,10,15H,9H2,1-2H3. The van der Waals surface area contributed by atoms with Crippen LogP contribution in [-0.2, 0) is 16.4 Å². The summed E-state index contributed by atoms with van der Waals surface area (Å²) in [5, 5.41) is 3.17. The summed E-state index contributed by atoms with van der Waals surface area (Å²) >= 11 is 0. The lowest BCUT2D eigenvalue weighted by Crippen LogP contribution is -2.02. The van der Waals surface area contributed by atoms with E-state index < -0.39 is 9.84 Å². The Kier molecular flexibility index (Phi) is 4.24. The highest BCUT2D eigenvalue weighted by atomic mass is 32.2. The second kappa shape index (κ2) is 5.92. The minimum absolute atomic E-state index is 0.301. The summed E-state index contributed by atoms with van der Waals surface area (Å²) in [7, 11) is -1.62. The first-order chi connectivity index (χ1) is 9.49. The maximum absolute atomic E-state index is 11.5. The Balaban J connectivity index is 2.07. The Labute approximate surface area is 118 Å². The molecule has 5 nitrogen and oxygen atoms in total. The van der Waals surface area contributed by atoms with Crippen molar-refractivity contribution in [2.75, 3.05) is 18.7 Å². The van der Waals surface area contributed by atoms with Gasteiger partial charge in [-0.05, 0) is 23.8 Å². The average molecular weight is 292 g/mol. The summed E-state index contributed by atoms with van der Waals surface area (Å²) in [4.78, 5) is 4.41. The van der Waals surface area contributed by atoms with E-state index >= 15 is 0 Å². The third kappa shape index (κ3) is 3.71. The van der Waals surface area contributed by atoms with E-state index in [2.05, 4.69) is 10.3 Å². The van der Waals surface area contributed by atoms with Crippen LogP contribution in [0, 0.1) is 0 Å². The van der Waals surface area contributed by atoms with E-state index in [1.165, 1.54) is 6.26 Å². The molecule has 0 saturated carbocycles. The first-order valence-corrected chi connectivity index (χ1v) is 7.91. The number of nitrogens with zero attached hydrogens (tertiary/aromatic N) is 1. The van der Waals surface area contributed by atoms with Crippen LogP contribution < -0.4 is 10.1 Å². The molecule has 106 valence electrons. The van der Waals surface area contributed by atoms with Crippen LogP contribution in [0.1, 0.15) is 5.56 Å². The maximum atomic E-state index is 11.5. The van der Waals surface area contributed by atoms with Crippen LogP contribution in [0.5, 0.6) is 5.88 Å². The number of anilines is 1. The van der Waals surface area contributed by atoms with Crippen LogP contribution >= 0.6 is 0 Å². The maximum Gasteiger partial charge on any atom is 0.212 e. The number of hydrogen-bond acceptors (Lipinski definition) is 5. The average Bonchev–Trinajstić information content (AvgIpc) is 2.45. The predicted octanol–water partition coefficient (Wildman–Crippen LogP) is 2.11. The molecule has 1 N–H and O–H groups in total.